The van der Waals surface area contributed by atoms with Crippen LogP contribution in [0.3, 0.4) is 0 Å². The van der Waals surface area contributed by atoms with Gasteiger partial charge in [0, 0.05) is 6.92 Å². The Morgan fingerprint density at radius 3 is 0.742 bits per heavy atom. The fourth-order valence-corrected chi connectivity index (χ4v) is 1.34. The monoisotopic (exact) mass is 466 g/mol. The van der Waals surface area contributed by atoms with Crippen molar-refractivity contribution in [2.24, 2.45) is 0 Å². The molecule has 0 aliphatic heterocycles. The van der Waals surface area contributed by atoms with E-state index in [2.05, 4.69) is 0 Å². The van der Waals surface area contributed by atoms with Gasteiger partial charge in [0.15, 0.2) is 0 Å². The minimum Gasteiger partial charge on any atom is -0.481 e. The molecule has 0 radical (unpaired) electrons. The van der Waals surface area contributed by atoms with Gasteiger partial charge in [0.2, 0.25) is 0 Å². The van der Waals surface area contributed by atoms with Crippen molar-refractivity contribution in [3.05, 3.63) is 0 Å². The molecule has 0 aromatic carbocycles. The summed E-state index contributed by atoms with van der Waals surface area (Å²) in [5.41, 5.74) is 0. The second-order valence-electron chi connectivity index (χ2n) is 5.09. The summed E-state index contributed by atoms with van der Waals surface area (Å²) in [5.74, 6) is -0.833. The number of aliphatic hydroxyl groups is 4. The zero-order chi connectivity index (χ0) is 23.1. The summed E-state index contributed by atoms with van der Waals surface area (Å²) in [6, 6.07) is 0. The van der Waals surface area contributed by atoms with Crippen molar-refractivity contribution in [2.45, 2.75) is 6.92 Å². The molecule has 0 rings (SSSR count). The fourth-order valence-electron chi connectivity index (χ4n) is 1.34. The number of rotatable bonds is 20. The quantitative estimate of drug-likeness (QED) is 0.116. The Kier molecular flexibility index (Phi) is 47.6. The van der Waals surface area contributed by atoms with E-state index >= 15 is 0 Å². The van der Waals surface area contributed by atoms with Crippen molar-refractivity contribution in [1.29, 1.82) is 0 Å². The smallest absolute Gasteiger partial charge is 0.300 e. The van der Waals surface area contributed by atoms with Crippen molar-refractivity contribution in [3.8, 4) is 0 Å². The number of hydrogen-bond donors (Lipinski definition) is 5. The molecule has 0 aromatic heterocycles. The first kappa shape index (κ1) is 37.4. The highest BCUT2D eigenvalue weighted by Gasteiger charge is 1.91. The molecule has 0 amide bonds. The molecular weight excluding hydrogens is 424 g/mol. The molecule has 0 fully saturated rings. The van der Waals surface area contributed by atoms with Gasteiger partial charge in [0.1, 0.15) is 0 Å². The largest absolute Gasteiger partial charge is 0.481 e. The summed E-state index contributed by atoms with van der Waals surface area (Å²) in [7, 11) is 0. The van der Waals surface area contributed by atoms with Crippen LogP contribution < -0.4 is 0 Å². The number of hydrogen-bond acceptors (Lipinski definition) is 11. The van der Waals surface area contributed by atoms with E-state index in [-0.39, 0.29) is 31.9 Å². The Bertz CT molecular complexity index is 250. The normalized spacial score (nSPS) is 9.71. The average molecular weight is 467 g/mol. The summed E-state index contributed by atoms with van der Waals surface area (Å²) in [5, 5.41) is 40.8. The van der Waals surface area contributed by atoms with Crippen LogP contribution in [0, 0.1) is 0 Å². The third kappa shape index (κ3) is 58.6. The Morgan fingerprint density at radius 2 is 0.613 bits per heavy atom. The van der Waals surface area contributed by atoms with Crippen LogP contribution in [-0.2, 0) is 33.2 Å². The number of ether oxygens (including phenoxy) is 6. The standard InChI is InChI=1S/2C8H18O5.C2H4O2.H2O/c2*9-1-3-11-5-7-13-8-6-12-4-2-10;1-2(3)4;/h2*9-10H,1-8H2;1H3,(H,3,4);1H2. The highest BCUT2D eigenvalue weighted by atomic mass is 16.6. The highest BCUT2D eigenvalue weighted by Crippen LogP contribution is 1.81. The van der Waals surface area contributed by atoms with Gasteiger partial charge in [0.25, 0.3) is 5.97 Å². The molecule has 0 aliphatic rings. The lowest BCUT2D eigenvalue weighted by Gasteiger charge is -2.04. The van der Waals surface area contributed by atoms with E-state index in [1.165, 1.54) is 0 Å². The molecule has 0 aliphatic carbocycles. The first-order chi connectivity index (χ1) is 14.6. The van der Waals surface area contributed by atoms with Crippen LogP contribution in [0.1, 0.15) is 6.92 Å². The predicted octanol–water partition coefficient (Wildman–Crippen LogP) is -2.69. The van der Waals surface area contributed by atoms with Gasteiger partial charge < -0.3 is 59.4 Å². The predicted molar refractivity (Wildman–Crippen MR) is 110 cm³/mol. The zero-order valence-electron chi connectivity index (χ0n) is 18.4. The highest BCUT2D eigenvalue weighted by molar-refractivity contribution is 5.62. The molecule has 0 spiro atoms. The van der Waals surface area contributed by atoms with Gasteiger partial charge in [-0.15, -0.1) is 0 Å². The van der Waals surface area contributed by atoms with Gasteiger partial charge in [-0.1, -0.05) is 0 Å². The lowest BCUT2D eigenvalue weighted by Crippen LogP contribution is -2.11. The number of carboxylic acid groups (broad SMARTS) is 1. The molecule has 31 heavy (non-hydrogen) atoms. The summed E-state index contributed by atoms with van der Waals surface area (Å²) >= 11 is 0. The molecule has 13 nitrogen and oxygen atoms in total. The topological polar surface area (TPSA) is 205 Å². The molecule has 0 aromatic rings. The van der Waals surface area contributed by atoms with E-state index in [4.69, 9.17) is 58.7 Å². The molecule has 192 valence electrons. The number of carboxylic acids is 1. The minimum absolute atomic E-state index is 0. The van der Waals surface area contributed by atoms with E-state index in [0.29, 0.717) is 79.3 Å². The first-order valence-corrected chi connectivity index (χ1v) is 9.66. The van der Waals surface area contributed by atoms with Gasteiger partial charge >= 0.3 is 0 Å². The number of aliphatic carboxylic acids is 1. The molecule has 0 bridgehead atoms. The third-order valence-electron chi connectivity index (χ3n) is 2.43. The molecule has 0 saturated carbocycles. The van der Waals surface area contributed by atoms with Crippen molar-refractivity contribution in [2.75, 3.05) is 106 Å². The van der Waals surface area contributed by atoms with E-state index in [1.54, 1.807) is 0 Å². The van der Waals surface area contributed by atoms with Gasteiger partial charge in [-0.3, -0.25) is 4.79 Å². The SMILES string of the molecule is CC(=O)O.O.OCCOCCOCCOCCO.OCCOCCOCCOCCO. The molecule has 0 heterocycles. The van der Waals surface area contributed by atoms with E-state index in [1.807, 2.05) is 0 Å². The van der Waals surface area contributed by atoms with Crippen LogP contribution in [0.4, 0.5) is 0 Å². The zero-order valence-corrected chi connectivity index (χ0v) is 18.4. The number of carbonyl (C=O) groups is 1. The van der Waals surface area contributed by atoms with E-state index in [9.17, 15) is 0 Å². The summed E-state index contributed by atoms with van der Waals surface area (Å²) in [6.45, 7) is 6.61. The Labute approximate surface area is 183 Å². The first-order valence-electron chi connectivity index (χ1n) is 9.66. The second-order valence-corrected chi connectivity index (χ2v) is 5.09. The van der Waals surface area contributed by atoms with Gasteiger partial charge in [0.05, 0.1) is 106 Å². The Morgan fingerprint density at radius 1 is 0.484 bits per heavy atom. The minimum atomic E-state index is -0.833. The summed E-state index contributed by atoms with van der Waals surface area (Å²) in [6.07, 6.45) is 0. The molecular formula is C18H42O13. The van der Waals surface area contributed by atoms with Crippen LogP contribution in [0.25, 0.3) is 0 Å². The van der Waals surface area contributed by atoms with E-state index in [0.717, 1.165) is 6.92 Å². The Hall–Kier alpha value is -0.970. The van der Waals surface area contributed by atoms with E-state index < -0.39 is 5.97 Å². The third-order valence-corrected chi connectivity index (χ3v) is 2.43. The van der Waals surface area contributed by atoms with Gasteiger partial charge in [-0.25, -0.2) is 0 Å². The molecule has 13 heteroatoms. The number of aliphatic hydroxyl groups excluding tert-OH is 4. The van der Waals surface area contributed by atoms with Crippen molar-refractivity contribution < 1.29 is 64.2 Å². The molecule has 0 unspecified atom stereocenters. The average Bonchev–Trinajstić information content (AvgIpc) is 2.71. The van der Waals surface area contributed by atoms with Crippen LogP contribution in [0.15, 0.2) is 0 Å². The Balaban J connectivity index is -0.000000195. The molecule has 0 saturated heterocycles. The maximum absolute atomic E-state index is 9.00. The van der Waals surface area contributed by atoms with Crippen LogP contribution in [0.5, 0.6) is 0 Å². The summed E-state index contributed by atoms with van der Waals surface area (Å²) in [4.78, 5) is 9.00. The lowest BCUT2D eigenvalue weighted by atomic mass is 10.7. The maximum atomic E-state index is 9.00. The van der Waals surface area contributed by atoms with Crippen molar-refractivity contribution >= 4 is 5.97 Å². The van der Waals surface area contributed by atoms with Crippen molar-refractivity contribution in [3.63, 3.8) is 0 Å². The summed E-state index contributed by atoms with van der Waals surface area (Å²) < 4.78 is 30.0. The van der Waals surface area contributed by atoms with Crippen LogP contribution in [0.2, 0.25) is 0 Å². The molecule has 7 N–H and O–H groups in total. The maximum Gasteiger partial charge on any atom is 0.300 e. The van der Waals surface area contributed by atoms with Gasteiger partial charge in [-0.2, -0.15) is 0 Å². The van der Waals surface area contributed by atoms with Crippen molar-refractivity contribution in [1.82, 2.24) is 0 Å². The lowest BCUT2D eigenvalue weighted by molar-refractivity contribution is -0.134. The fraction of sp³-hybridized carbons (Fsp3) is 0.944. The van der Waals surface area contributed by atoms with Gasteiger partial charge in [-0.05, 0) is 0 Å². The van der Waals surface area contributed by atoms with Crippen LogP contribution >= 0.6 is 0 Å². The van der Waals surface area contributed by atoms with Crippen LogP contribution in [-0.4, -0.2) is 143 Å². The second kappa shape index (κ2) is 39.5. The molecule has 0 atom stereocenters.